The second kappa shape index (κ2) is 8.25. The number of hydrogen-bond acceptors (Lipinski definition) is 3. The zero-order valence-electron chi connectivity index (χ0n) is 11.3. The van der Waals surface area contributed by atoms with Gasteiger partial charge in [-0.25, -0.2) is 4.98 Å². The Balaban J connectivity index is 2.01. The van der Waals surface area contributed by atoms with Gasteiger partial charge in [-0.05, 0) is 40.2 Å². The van der Waals surface area contributed by atoms with Crippen molar-refractivity contribution in [3.8, 4) is 0 Å². The Labute approximate surface area is 104 Å². The number of unbranched alkanes of at least 4 members (excludes halogenated alkanes) is 1. The molecule has 0 atom stereocenters. The lowest BCUT2D eigenvalue weighted by atomic mass is 10.3. The van der Waals surface area contributed by atoms with Crippen molar-refractivity contribution in [1.82, 2.24) is 14.9 Å². The van der Waals surface area contributed by atoms with E-state index in [1.807, 2.05) is 12.4 Å². The summed E-state index contributed by atoms with van der Waals surface area (Å²) in [6.07, 6.45) is 6.50. The Morgan fingerprint density at radius 3 is 2.94 bits per heavy atom. The maximum Gasteiger partial charge on any atom is 0.122 e. The van der Waals surface area contributed by atoms with Gasteiger partial charge in [0.1, 0.15) is 5.82 Å². The topological polar surface area (TPSA) is 39.1 Å². The molecule has 0 unspecified atom stereocenters. The van der Waals surface area contributed by atoms with Crippen molar-refractivity contribution in [2.75, 3.05) is 13.2 Å². The monoisotopic (exact) mass is 239 g/mol. The molecule has 1 N–H and O–H groups in total. The fourth-order valence-corrected chi connectivity index (χ4v) is 1.67. The van der Waals surface area contributed by atoms with Gasteiger partial charge < -0.3 is 14.6 Å². The number of nitrogens with one attached hydrogen (secondary N) is 1. The van der Waals surface area contributed by atoms with Crippen molar-refractivity contribution in [3.63, 3.8) is 0 Å². The number of aryl methyl sites for hydroxylation is 1. The van der Waals surface area contributed by atoms with Gasteiger partial charge in [-0.1, -0.05) is 0 Å². The maximum absolute atomic E-state index is 5.49. The first kappa shape index (κ1) is 14.2. The van der Waals surface area contributed by atoms with Gasteiger partial charge in [0, 0.05) is 25.5 Å². The van der Waals surface area contributed by atoms with Gasteiger partial charge >= 0.3 is 0 Å². The standard InChI is InChI=1S/C13H25N3O/c1-4-16-9-8-15-13(16)11-14-7-5-6-10-17-12(2)3/h8-9,12,14H,4-7,10-11H2,1-3H3. The first-order valence-electron chi connectivity index (χ1n) is 6.56. The highest BCUT2D eigenvalue weighted by Gasteiger charge is 1.99. The van der Waals surface area contributed by atoms with Crippen LogP contribution in [0.3, 0.4) is 0 Å². The summed E-state index contributed by atoms with van der Waals surface area (Å²) in [5.74, 6) is 1.12. The van der Waals surface area contributed by atoms with Crippen LogP contribution in [0.4, 0.5) is 0 Å². The zero-order valence-corrected chi connectivity index (χ0v) is 11.3. The number of aromatic nitrogens is 2. The molecular formula is C13H25N3O. The average Bonchev–Trinajstić information content (AvgIpc) is 2.74. The van der Waals surface area contributed by atoms with E-state index in [4.69, 9.17) is 4.74 Å². The normalized spacial score (nSPS) is 11.3. The maximum atomic E-state index is 5.49. The number of ether oxygens (including phenoxy) is 1. The van der Waals surface area contributed by atoms with E-state index in [-0.39, 0.29) is 0 Å². The largest absolute Gasteiger partial charge is 0.379 e. The molecule has 1 heterocycles. The average molecular weight is 239 g/mol. The molecule has 0 aromatic carbocycles. The van der Waals surface area contributed by atoms with Gasteiger partial charge in [-0.15, -0.1) is 0 Å². The Bertz CT molecular complexity index is 297. The van der Waals surface area contributed by atoms with E-state index < -0.39 is 0 Å². The van der Waals surface area contributed by atoms with Crippen LogP contribution >= 0.6 is 0 Å². The summed E-state index contributed by atoms with van der Waals surface area (Å²) in [5, 5.41) is 3.41. The predicted molar refractivity (Wildman–Crippen MR) is 69.9 cm³/mol. The quantitative estimate of drug-likeness (QED) is 0.671. The Morgan fingerprint density at radius 2 is 2.24 bits per heavy atom. The molecule has 4 nitrogen and oxygen atoms in total. The van der Waals surface area contributed by atoms with Crippen LogP contribution in [0.2, 0.25) is 0 Å². The molecule has 0 aliphatic heterocycles. The fourth-order valence-electron chi connectivity index (χ4n) is 1.67. The van der Waals surface area contributed by atoms with Crippen molar-refractivity contribution in [1.29, 1.82) is 0 Å². The highest BCUT2D eigenvalue weighted by molar-refractivity contribution is 4.91. The summed E-state index contributed by atoms with van der Waals surface area (Å²) in [5.41, 5.74) is 0. The molecule has 0 amide bonds. The summed E-state index contributed by atoms with van der Waals surface area (Å²) >= 11 is 0. The van der Waals surface area contributed by atoms with E-state index in [2.05, 4.69) is 35.6 Å². The minimum atomic E-state index is 0.347. The van der Waals surface area contributed by atoms with Crippen molar-refractivity contribution >= 4 is 0 Å². The Morgan fingerprint density at radius 1 is 1.41 bits per heavy atom. The molecule has 0 aliphatic rings. The van der Waals surface area contributed by atoms with Crippen LogP contribution in [0.25, 0.3) is 0 Å². The molecular weight excluding hydrogens is 214 g/mol. The van der Waals surface area contributed by atoms with Crippen LogP contribution in [0, 0.1) is 0 Å². The molecule has 1 aromatic heterocycles. The SMILES string of the molecule is CCn1ccnc1CNCCCCOC(C)C. The smallest absolute Gasteiger partial charge is 0.122 e. The van der Waals surface area contributed by atoms with Gasteiger partial charge in [0.25, 0.3) is 0 Å². The van der Waals surface area contributed by atoms with Crippen LogP contribution < -0.4 is 5.32 Å². The molecule has 0 fully saturated rings. The molecule has 0 spiro atoms. The van der Waals surface area contributed by atoms with E-state index in [0.717, 1.165) is 44.9 Å². The van der Waals surface area contributed by atoms with E-state index in [1.165, 1.54) is 0 Å². The highest BCUT2D eigenvalue weighted by atomic mass is 16.5. The minimum Gasteiger partial charge on any atom is -0.379 e. The third-order valence-electron chi connectivity index (χ3n) is 2.62. The summed E-state index contributed by atoms with van der Waals surface area (Å²) in [7, 11) is 0. The number of hydrogen-bond donors (Lipinski definition) is 1. The molecule has 1 rings (SSSR count). The van der Waals surface area contributed by atoms with Crippen LogP contribution in [0.1, 0.15) is 39.4 Å². The molecule has 17 heavy (non-hydrogen) atoms. The molecule has 0 saturated carbocycles. The van der Waals surface area contributed by atoms with Crippen LogP contribution in [-0.4, -0.2) is 28.8 Å². The van der Waals surface area contributed by atoms with Gasteiger partial charge in [-0.3, -0.25) is 0 Å². The van der Waals surface area contributed by atoms with Crippen LogP contribution in [-0.2, 0) is 17.8 Å². The highest BCUT2D eigenvalue weighted by Crippen LogP contribution is 1.97. The van der Waals surface area contributed by atoms with Crippen LogP contribution in [0.5, 0.6) is 0 Å². The first-order valence-corrected chi connectivity index (χ1v) is 6.56. The van der Waals surface area contributed by atoms with Crippen molar-refractivity contribution in [2.24, 2.45) is 0 Å². The number of imidazole rings is 1. The molecule has 0 aliphatic carbocycles. The molecule has 4 heteroatoms. The van der Waals surface area contributed by atoms with Crippen molar-refractivity contribution in [3.05, 3.63) is 18.2 Å². The molecule has 1 aromatic rings. The van der Waals surface area contributed by atoms with Crippen molar-refractivity contribution in [2.45, 2.75) is 52.8 Å². The summed E-state index contributed by atoms with van der Waals surface area (Å²) in [6, 6.07) is 0. The molecule has 0 radical (unpaired) electrons. The van der Waals surface area contributed by atoms with Gasteiger partial charge in [-0.2, -0.15) is 0 Å². The fraction of sp³-hybridized carbons (Fsp3) is 0.769. The summed E-state index contributed by atoms with van der Waals surface area (Å²) in [6.45, 7) is 10.0. The van der Waals surface area contributed by atoms with Gasteiger partial charge in [0.05, 0.1) is 12.6 Å². The zero-order chi connectivity index (χ0) is 12.5. The Kier molecular flexibility index (Phi) is 6.89. The van der Waals surface area contributed by atoms with Crippen molar-refractivity contribution < 1.29 is 4.74 Å². The van der Waals surface area contributed by atoms with E-state index in [1.54, 1.807) is 0 Å². The molecule has 98 valence electrons. The predicted octanol–water partition coefficient (Wildman–Crippen LogP) is 2.20. The first-order chi connectivity index (χ1) is 8.24. The Hall–Kier alpha value is -0.870. The van der Waals surface area contributed by atoms with E-state index in [9.17, 15) is 0 Å². The lowest BCUT2D eigenvalue weighted by molar-refractivity contribution is 0.0760. The van der Waals surface area contributed by atoms with E-state index in [0.29, 0.717) is 6.10 Å². The van der Waals surface area contributed by atoms with Gasteiger partial charge in [0.2, 0.25) is 0 Å². The third kappa shape index (κ3) is 5.84. The van der Waals surface area contributed by atoms with E-state index >= 15 is 0 Å². The van der Waals surface area contributed by atoms with Crippen LogP contribution in [0.15, 0.2) is 12.4 Å². The summed E-state index contributed by atoms with van der Waals surface area (Å²) in [4.78, 5) is 4.32. The molecule has 0 saturated heterocycles. The second-order valence-electron chi connectivity index (χ2n) is 4.43. The van der Waals surface area contributed by atoms with Gasteiger partial charge in [0.15, 0.2) is 0 Å². The summed E-state index contributed by atoms with van der Waals surface area (Å²) < 4.78 is 7.65. The second-order valence-corrected chi connectivity index (χ2v) is 4.43. The lowest BCUT2D eigenvalue weighted by Gasteiger charge is -2.08. The number of rotatable bonds is 9. The minimum absolute atomic E-state index is 0.347. The molecule has 0 bridgehead atoms. The third-order valence-corrected chi connectivity index (χ3v) is 2.62. The lowest BCUT2D eigenvalue weighted by Crippen LogP contribution is -2.18. The number of nitrogens with zero attached hydrogens (tertiary/aromatic N) is 2.